The third kappa shape index (κ3) is 6.87. The van der Waals surface area contributed by atoms with E-state index in [2.05, 4.69) is 58.4 Å². The number of aromatic nitrogens is 2. The second-order valence-corrected chi connectivity index (χ2v) is 14.8. The fraction of sp³-hybridized carbons (Fsp3) is 0.385. The molecule has 1 fully saturated rings. The van der Waals surface area contributed by atoms with Gasteiger partial charge >= 0.3 is 0 Å². The number of rotatable bonds is 8. The Bertz CT molecular complexity index is 1210. The number of amides is 1. The van der Waals surface area contributed by atoms with E-state index in [-0.39, 0.29) is 59.1 Å². The largest absolute Gasteiger partial charge is 0.479 e. The molecule has 9 nitrogen and oxygen atoms in total. The number of furan rings is 1. The second kappa shape index (κ2) is 12.3. The van der Waals surface area contributed by atoms with Crippen LogP contribution in [0.4, 0.5) is 11.6 Å². The van der Waals surface area contributed by atoms with E-state index in [1.807, 2.05) is 13.0 Å². The number of aryl methyl sites for hydroxylation is 1. The van der Waals surface area contributed by atoms with Crippen molar-refractivity contribution in [3.8, 4) is 23.5 Å². The van der Waals surface area contributed by atoms with Crippen LogP contribution in [0.15, 0.2) is 34.7 Å². The first-order chi connectivity index (χ1) is 17.2. The number of hydrogen-bond acceptors (Lipinski definition) is 8. The number of ether oxygens (including phenoxy) is 3. The molecule has 1 radical (unpaired) electrons. The molecule has 37 heavy (non-hydrogen) atoms. The van der Waals surface area contributed by atoms with Crippen LogP contribution < -0.4 is 29.6 Å². The van der Waals surface area contributed by atoms with Gasteiger partial charge in [0.2, 0.25) is 17.7 Å². The van der Waals surface area contributed by atoms with E-state index in [0.717, 1.165) is 31.5 Å². The second-order valence-electron chi connectivity index (χ2n) is 9.68. The average molecular weight is 747 g/mol. The molecule has 2 aromatic heterocycles. The Balaban J connectivity index is 0.00000380. The summed E-state index contributed by atoms with van der Waals surface area (Å²) in [6.45, 7) is 10.4. The predicted molar refractivity (Wildman–Crippen MR) is 142 cm³/mol. The van der Waals surface area contributed by atoms with Crippen molar-refractivity contribution in [3.05, 3.63) is 48.1 Å². The first-order valence-corrected chi connectivity index (χ1v) is 15.5. The Kier molecular flexibility index (Phi) is 9.69. The minimum Gasteiger partial charge on any atom is -0.479 e. The normalized spacial score (nSPS) is 13.5. The maximum absolute atomic E-state index is 13.0. The monoisotopic (exact) mass is 745 g/mol. The van der Waals surface area contributed by atoms with Gasteiger partial charge in [0.1, 0.15) is 5.75 Å². The number of piperidine rings is 1. The summed E-state index contributed by atoms with van der Waals surface area (Å²) in [5.74, 6) is 1.42. The zero-order valence-electron chi connectivity index (χ0n) is 22.1. The van der Waals surface area contributed by atoms with Crippen molar-refractivity contribution in [2.45, 2.75) is 39.4 Å². The molecule has 0 bridgehead atoms. The van der Waals surface area contributed by atoms with Gasteiger partial charge in [0.05, 0.1) is 14.2 Å². The van der Waals surface area contributed by atoms with Crippen LogP contribution in [0, 0.1) is 43.3 Å². The molecule has 0 unspecified atom stereocenters. The van der Waals surface area contributed by atoms with Crippen LogP contribution in [0.3, 0.4) is 0 Å². The van der Waals surface area contributed by atoms with E-state index in [4.69, 9.17) is 18.6 Å². The summed E-state index contributed by atoms with van der Waals surface area (Å²) in [4.78, 5) is 24.1. The third-order valence-corrected chi connectivity index (χ3v) is 8.06. The summed E-state index contributed by atoms with van der Waals surface area (Å²) in [7, 11) is 1.46. The zero-order valence-corrected chi connectivity index (χ0v) is 26.8. The molecule has 0 atom stereocenters. The Morgan fingerprint density at radius 1 is 1.05 bits per heavy atom. The molecular formula is C26H33N4NpO5Si-2. The van der Waals surface area contributed by atoms with Gasteiger partial charge in [-0.15, -0.1) is 8.07 Å². The summed E-state index contributed by atoms with van der Waals surface area (Å²) in [6, 6.07) is 9.42. The van der Waals surface area contributed by atoms with Crippen LogP contribution in [0.25, 0.3) is 0 Å². The Labute approximate surface area is 241 Å². The summed E-state index contributed by atoms with van der Waals surface area (Å²) in [6.07, 6.45) is 4.15. The van der Waals surface area contributed by atoms with Crippen molar-refractivity contribution in [2.75, 3.05) is 37.5 Å². The molecule has 11 heteroatoms. The molecule has 1 amide bonds. The first kappa shape index (κ1) is 29.0. The van der Waals surface area contributed by atoms with Gasteiger partial charge in [0.15, 0.2) is 11.4 Å². The molecule has 3 heterocycles. The number of carbonyl (C=O) groups is 1. The van der Waals surface area contributed by atoms with E-state index >= 15 is 0 Å². The Morgan fingerprint density at radius 3 is 2.30 bits per heavy atom. The Hall–Kier alpha value is -2.52. The number of anilines is 2. The topological polar surface area (TPSA) is 99.0 Å². The molecule has 198 valence electrons. The van der Waals surface area contributed by atoms with Crippen molar-refractivity contribution in [2.24, 2.45) is 0 Å². The van der Waals surface area contributed by atoms with E-state index in [1.165, 1.54) is 19.4 Å². The van der Waals surface area contributed by atoms with E-state index in [9.17, 15) is 4.79 Å². The van der Waals surface area contributed by atoms with Gasteiger partial charge in [-0.25, -0.2) is 0 Å². The molecule has 1 aliphatic heterocycles. The molecule has 1 aliphatic rings. The maximum Gasteiger partial charge on any atom is 0.291 e. The molecule has 1 N–H and O–H groups in total. The fourth-order valence-electron chi connectivity index (χ4n) is 3.86. The summed E-state index contributed by atoms with van der Waals surface area (Å²) in [5, 5.41) is 4.04. The molecule has 1 saturated heterocycles. The van der Waals surface area contributed by atoms with Gasteiger partial charge in [-0.3, -0.25) is 4.79 Å². The van der Waals surface area contributed by atoms with Gasteiger partial charge in [0, 0.05) is 36.0 Å². The summed E-state index contributed by atoms with van der Waals surface area (Å²) in [5.41, 5.74) is 1.22. The van der Waals surface area contributed by atoms with Crippen LogP contribution >= 0.6 is 0 Å². The summed E-state index contributed by atoms with van der Waals surface area (Å²) < 4.78 is 22.6. The van der Waals surface area contributed by atoms with E-state index < -0.39 is 14.0 Å². The zero-order chi connectivity index (χ0) is 25.9. The van der Waals surface area contributed by atoms with Crippen molar-refractivity contribution >= 4 is 30.8 Å². The number of benzene rings is 1. The molecule has 0 spiro atoms. The number of methoxy groups -OCH3 is 2. The van der Waals surface area contributed by atoms with Crippen molar-refractivity contribution in [1.82, 2.24) is 9.97 Å². The standard InChI is InChI=1S/C26H33N4O5Si.Np/c1-17-10-11-18(36(4,5)6)16-20(17)35-21-13-12-19(34-21)23(31)27-22-24(32-2)28-26(29-25(22)33-3)30-14-8-7-9-15-30;/h7,10-13,16H,8-9,14-15H2,1-6H3,(H,27,31);/q-2;. The summed E-state index contributed by atoms with van der Waals surface area (Å²) >= 11 is 0. The molecule has 0 saturated carbocycles. The first-order valence-electron chi connectivity index (χ1n) is 12.0. The van der Waals surface area contributed by atoms with Gasteiger partial charge in [-0.2, -0.15) is 47.6 Å². The number of nitrogens with zero attached hydrogens (tertiary/aromatic N) is 3. The van der Waals surface area contributed by atoms with Crippen LogP contribution in [0.1, 0.15) is 29.0 Å². The van der Waals surface area contributed by atoms with Crippen molar-refractivity contribution in [1.29, 1.82) is 0 Å². The molecule has 0 aliphatic carbocycles. The molecule has 4 rings (SSSR count). The minimum atomic E-state index is -1.51. The van der Waals surface area contributed by atoms with Gasteiger partial charge in [-0.05, 0) is 37.7 Å². The molecular weight excluding hydrogens is 713 g/mol. The smallest absolute Gasteiger partial charge is 0.291 e. The van der Waals surface area contributed by atoms with E-state index in [1.54, 1.807) is 12.1 Å². The quantitative estimate of drug-likeness (QED) is 0.260. The fourth-order valence-corrected chi connectivity index (χ4v) is 5.01. The average Bonchev–Trinajstić information content (AvgIpc) is 3.34. The van der Waals surface area contributed by atoms with E-state index in [0.29, 0.717) is 11.7 Å². The van der Waals surface area contributed by atoms with Crippen LogP contribution in [0.2, 0.25) is 19.6 Å². The minimum absolute atomic E-state index is 0. The van der Waals surface area contributed by atoms with Gasteiger partial charge in [0.25, 0.3) is 11.9 Å². The molecule has 1 aromatic carbocycles. The van der Waals surface area contributed by atoms with Crippen LogP contribution in [0.5, 0.6) is 23.5 Å². The number of hydrogen-bond donors (Lipinski definition) is 1. The van der Waals surface area contributed by atoms with Crippen molar-refractivity contribution < 1.29 is 53.4 Å². The third-order valence-electron chi connectivity index (χ3n) is 6.02. The van der Waals surface area contributed by atoms with Gasteiger partial charge in [-0.1, -0.05) is 12.1 Å². The van der Waals surface area contributed by atoms with Crippen LogP contribution in [-0.4, -0.2) is 51.3 Å². The molecule has 3 aromatic rings. The number of nitrogens with one attached hydrogen (secondary N) is 1. The predicted octanol–water partition coefficient (Wildman–Crippen LogP) is 4.79. The van der Waals surface area contributed by atoms with Gasteiger partial charge < -0.3 is 35.3 Å². The maximum atomic E-state index is 13.0. The van der Waals surface area contributed by atoms with Crippen molar-refractivity contribution in [3.63, 3.8) is 0 Å². The van der Waals surface area contributed by atoms with Crippen LogP contribution in [-0.2, 0) is 0 Å². The SMILES string of the molecule is COc1nc(N2CC[CH-]CC2)nc(OC)c1NC(=O)c1ccc(Oc2cc([Si-](C)(C)C)ccc2C)o1.[Np]. The number of carbonyl (C=O) groups excluding carboxylic acids is 1. The Morgan fingerprint density at radius 2 is 1.70 bits per heavy atom.